The van der Waals surface area contributed by atoms with Crippen molar-refractivity contribution in [3.05, 3.63) is 0 Å². The topological polar surface area (TPSA) is 77.8 Å². The van der Waals surface area contributed by atoms with E-state index in [4.69, 9.17) is 19.2 Å². The zero-order chi connectivity index (χ0) is 4.50. The molecule has 1 radical (unpaired) electrons. The average Bonchev–Trinajstić information content (AvgIpc) is 0.722. The predicted molar refractivity (Wildman–Crippen MR) is 14.3 cm³/mol. The Kier molecular flexibility index (Phi) is 14.3. The van der Waals surface area contributed by atoms with Crippen molar-refractivity contribution in [1.29, 1.82) is 0 Å². The third kappa shape index (κ3) is 68.4. The fourth-order valence-electron chi connectivity index (χ4n) is 0. The van der Waals surface area contributed by atoms with E-state index in [0.29, 0.717) is 0 Å². The number of phosphoric acid groups is 1. The summed E-state index contributed by atoms with van der Waals surface area (Å²) < 4.78 is 8.88. The van der Waals surface area contributed by atoms with Crippen LogP contribution in [0.15, 0.2) is 0 Å². The molecule has 4 nitrogen and oxygen atoms in total. The molecule has 0 amide bonds. The molecule has 7 heteroatoms. The van der Waals surface area contributed by atoms with Gasteiger partial charge in [-0.1, -0.05) is 0 Å². The predicted octanol–water partition coefficient (Wildman–Crippen LogP) is -0.934. The van der Waals surface area contributed by atoms with Crippen LogP contribution in [0, 0.1) is 0 Å². The summed E-state index contributed by atoms with van der Waals surface area (Å²) >= 11 is 0. The molecule has 0 atom stereocenters. The Morgan fingerprint density at radius 1 is 1.14 bits per heavy atom. The zero-order valence-corrected chi connectivity index (χ0v) is 9.47. The number of hydrogen-bond acceptors (Lipinski definition) is 1. The smallest absolute Gasteiger partial charge is 0.303 e. The molecule has 0 unspecified atom stereocenters. The van der Waals surface area contributed by atoms with Gasteiger partial charge in [0.2, 0.25) is 0 Å². The maximum absolute atomic E-state index is 8.88. The van der Waals surface area contributed by atoms with Gasteiger partial charge < -0.3 is 14.7 Å². The fourth-order valence-corrected chi connectivity index (χ4v) is 0. The van der Waals surface area contributed by atoms with Crippen LogP contribution in [0.4, 0.5) is 0 Å². The van der Waals surface area contributed by atoms with Gasteiger partial charge in [0.1, 0.15) is 0 Å². The molecule has 0 spiro atoms. The molecule has 0 aliphatic carbocycles. The van der Waals surface area contributed by atoms with Gasteiger partial charge in [-0.25, -0.2) is 4.57 Å². The third-order valence-corrected chi connectivity index (χ3v) is 0. The van der Waals surface area contributed by atoms with E-state index in [-0.39, 0.29) is 58.9 Å². The van der Waals surface area contributed by atoms with Gasteiger partial charge >= 0.3 is 7.82 Å². The molecule has 0 heterocycles. The fraction of sp³-hybridized carbons (Fsp3) is 0. The van der Waals surface area contributed by atoms with E-state index >= 15 is 0 Å². The van der Waals surface area contributed by atoms with Gasteiger partial charge in [0, 0.05) is 58.9 Å². The zero-order valence-electron chi connectivity index (χ0n) is 3.27. The van der Waals surface area contributed by atoms with Crippen LogP contribution in [-0.4, -0.2) is 14.7 Å². The molecule has 3 N–H and O–H groups in total. The summed E-state index contributed by atoms with van der Waals surface area (Å²) in [5.74, 6) is 0. The van der Waals surface area contributed by atoms with Gasteiger partial charge in [0.15, 0.2) is 0 Å². The Morgan fingerprint density at radius 2 is 1.14 bits per heavy atom. The van der Waals surface area contributed by atoms with Crippen molar-refractivity contribution in [2.24, 2.45) is 0 Å². The third-order valence-electron chi connectivity index (χ3n) is 0. The first-order valence-corrected chi connectivity index (χ1v) is 2.35. The van der Waals surface area contributed by atoms with Gasteiger partial charge in [-0.3, -0.25) is 0 Å². The molecule has 0 rings (SSSR count). The minimum atomic E-state index is -4.64. The van der Waals surface area contributed by atoms with Crippen molar-refractivity contribution in [2.75, 3.05) is 0 Å². The summed E-state index contributed by atoms with van der Waals surface area (Å²) in [6, 6.07) is 0. The maximum Gasteiger partial charge on any atom is 0.466 e. The summed E-state index contributed by atoms with van der Waals surface area (Å²) in [5, 5.41) is 0. The van der Waals surface area contributed by atoms with Crippen molar-refractivity contribution >= 4 is 7.82 Å². The van der Waals surface area contributed by atoms with Crippen molar-refractivity contribution in [1.82, 2.24) is 0 Å². The standard InChI is InChI=1S/H3O4P.Y.Zr/c1-5(2,3)4;;/h(H3,1,2,3,4);;. The van der Waals surface area contributed by atoms with E-state index in [1.807, 2.05) is 0 Å². The SMILES string of the molecule is O=P(O)(O)O.[Y].[Zr]. The van der Waals surface area contributed by atoms with Crippen LogP contribution in [0.3, 0.4) is 0 Å². The summed E-state index contributed by atoms with van der Waals surface area (Å²) in [7, 11) is -4.64. The molecule has 39 valence electrons. The molecule has 0 aliphatic heterocycles. The average molecular weight is 278 g/mol. The van der Waals surface area contributed by atoms with E-state index in [2.05, 4.69) is 0 Å². The van der Waals surface area contributed by atoms with Crippen LogP contribution < -0.4 is 0 Å². The van der Waals surface area contributed by atoms with Gasteiger partial charge in [-0.05, 0) is 0 Å². The Bertz CT molecular complexity index is 57.8. The molecule has 0 aromatic rings. The second-order valence-electron chi connectivity index (χ2n) is 0.513. The van der Waals surface area contributed by atoms with E-state index in [0.717, 1.165) is 0 Å². The minimum absolute atomic E-state index is 0. The minimum Gasteiger partial charge on any atom is -0.303 e. The van der Waals surface area contributed by atoms with Crippen LogP contribution in [0.25, 0.3) is 0 Å². The molecule has 0 aromatic carbocycles. The van der Waals surface area contributed by atoms with Crippen LogP contribution in [0.1, 0.15) is 0 Å². The number of rotatable bonds is 0. The molecule has 0 saturated carbocycles. The normalized spacial score (nSPS) is 8.43. The molecule has 0 saturated heterocycles. The van der Waals surface area contributed by atoms with E-state index in [1.54, 1.807) is 0 Å². The van der Waals surface area contributed by atoms with Crippen LogP contribution in [0.2, 0.25) is 0 Å². The van der Waals surface area contributed by atoms with Crippen LogP contribution in [-0.2, 0) is 63.5 Å². The molecule has 0 fully saturated rings. The molecular weight excluding hydrogens is 275 g/mol. The monoisotopic (exact) mass is 277 g/mol. The molecule has 7 heavy (non-hydrogen) atoms. The largest absolute Gasteiger partial charge is 0.466 e. The van der Waals surface area contributed by atoms with Gasteiger partial charge in [0.05, 0.1) is 0 Å². The summed E-state index contributed by atoms with van der Waals surface area (Å²) in [6.07, 6.45) is 0. The van der Waals surface area contributed by atoms with Crippen molar-refractivity contribution in [3.8, 4) is 0 Å². The van der Waals surface area contributed by atoms with Crippen molar-refractivity contribution in [3.63, 3.8) is 0 Å². The second kappa shape index (κ2) is 6.22. The van der Waals surface area contributed by atoms with Crippen molar-refractivity contribution in [2.45, 2.75) is 0 Å². The van der Waals surface area contributed by atoms with Gasteiger partial charge in [0.25, 0.3) is 0 Å². The molecule has 0 aromatic heterocycles. The second-order valence-corrected chi connectivity index (χ2v) is 1.54. The molecular formula is H3O4PYZr. The molecule has 0 bridgehead atoms. The first-order valence-electron chi connectivity index (χ1n) is 0.783. The molecule has 0 aliphatic rings. The van der Waals surface area contributed by atoms with Gasteiger partial charge in [-0.2, -0.15) is 0 Å². The maximum atomic E-state index is 8.88. The Labute approximate surface area is 84.9 Å². The summed E-state index contributed by atoms with van der Waals surface area (Å²) in [4.78, 5) is 21.6. The van der Waals surface area contributed by atoms with Crippen molar-refractivity contribution < 1.29 is 78.2 Å². The van der Waals surface area contributed by atoms with E-state index in [1.165, 1.54) is 0 Å². The van der Waals surface area contributed by atoms with Crippen LogP contribution in [0.5, 0.6) is 0 Å². The van der Waals surface area contributed by atoms with E-state index in [9.17, 15) is 0 Å². The van der Waals surface area contributed by atoms with Crippen LogP contribution >= 0.6 is 7.82 Å². The Balaban J connectivity index is -0.0000000800. The van der Waals surface area contributed by atoms with E-state index < -0.39 is 7.82 Å². The number of hydrogen-bond donors (Lipinski definition) is 3. The Hall–Kier alpha value is 2.10. The first-order chi connectivity index (χ1) is 2.00. The first kappa shape index (κ1) is 16.0. The quantitative estimate of drug-likeness (QED) is 0.500. The summed E-state index contributed by atoms with van der Waals surface area (Å²) in [5.41, 5.74) is 0. The van der Waals surface area contributed by atoms with Gasteiger partial charge in [-0.15, -0.1) is 0 Å². The Morgan fingerprint density at radius 3 is 1.14 bits per heavy atom. The summed E-state index contributed by atoms with van der Waals surface area (Å²) in [6.45, 7) is 0.